The van der Waals surface area contributed by atoms with Crippen LogP contribution in [-0.2, 0) is 19.6 Å². The molecule has 0 spiro atoms. The largest absolute Gasteiger partial charge is 0.497 e. The number of anilines is 1. The Morgan fingerprint density at radius 3 is 2.22 bits per heavy atom. The van der Waals surface area contributed by atoms with Gasteiger partial charge in [-0.1, -0.05) is 12.1 Å². The first-order valence-corrected chi connectivity index (χ1v) is 9.76. The Labute approximate surface area is 157 Å². The van der Waals surface area contributed by atoms with Crippen molar-refractivity contribution in [2.45, 2.75) is 0 Å². The molecule has 0 saturated carbocycles. The van der Waals surface area contributed by atoms with E-state index in [0.717, 1.165) is 11.8 Å². The Morgan fingerprint density at radius 1 is 1.04 bits per heavy atom. The van der Waals surface area contributed by atoms with Gasteiger partial charge in [0.2, 0.25) is 10.0 Å². The van der Waals surface area contributed by atoms with E-state index in [2.05, 4.69) is 4.72 Å². The minimum absolute atomic E-state index is 0.306. The zero-order chi connectivity index (χ0) is 19.9. The number of ether oxygens (including phenoxy) is 2. The second-order valence-electron chi connectivity index (χ2n) is 5.59. The van der Waals surface area contributed by atoms with Crippen LogP contribution in [0.4, 0.5) is 5.69 Å². The Kier molecular flexibility index (Phi) is 6.73. The van der Waals surface area contributed by atoms with Gasteiger partial charge in [0.1, 0.15) is 5.75 Å². The third-order valence-electron chi connectivity index (χ3n) is 3.38. The molecule has 0 fully saturated rings. The van der Waals surface area contributed by atoms with Crippen LogP contribution in [-0.4, -0.2) is 40.1 Å². The average molecular weight is 389 g/mol. The van der Waals surface area contributed by atoms with Crippen LogP contribution in [0.3, 0.4) is 0 Å². The van der Waals surface area contributed by atoms with E-state index in [9.17, 15) is 18.0 Å². The lowest BCUT2D eigenvalue weighted by Crippen LogP contribution is -2.13. The van der Waals surface area contributed by atoms with E-state index in [0.29, 0.717) is 17.0 Å². The van der Waals surface area contributed by atoms with Gasteiger partial charge >= 0.3 is 5.97 Å². The van der Waals surface area contributed by atoms with Gasteiger partial charge in [-0.15, -0.1) is 0 Å². The molecule has 0 aromatic heterocycles. The maximum atomic E-state index is 12.0. The highest BCUT2D eigenvalue weighted by Crippen LogP contribution is 2.13. The van der Waals surface area contributed by atoms with Gasteiger partial charge in [-0.2, -0.15) is 0 Å². The quantitative estimate of drug-likeness (QED) is 0.423. The van der Waals surface area contributed by atoms with Crippen molar-refractivity contribution in [3.63, 3.8) is 0 Å². The number of hydrogen-bond acceptors (Lipinski definition) is 6. The van der Waals surface area contributed by atoms with Gasteiger partial charge in [0.15, 0.2) is 12.4 Å². The normalized spacial score (nSPS) is 11.2. The van der Waals surface area contributed by atoms with E-state index in [-0.39, 0.29) is 0 Å². The molecule has 0 aliphatic carbocycles. The molecule has 0 radical (unpaired) electrons. The van der Waals surface area contributed by atoms with Crippen molar-refractivity contribution in [1.29, 1.82) is 0 Å². The summed E-state index contributed by atoms with van der Waals surface area (Å²) >= 11 is 0. The molecule has 0 heterocycles. The Bertz CT molecular complexity index is 931. The molecule has 0 saturated heterocycles. The second kappa shape index (κ2) is 9.00. The molecule has 0 aliphatic heterocycles. The molecule has 2 aromatic rings. The van der Waals surface area contributed by atoms with Crippen LogP contribution in [0.5, 0.6) is 5.75 Å². The third-order valence-corrected chi connectivity index (χ3v) is 3.99. The fourth-order valence-corrected chi connectivity index (χ4v) is 2.65. The van der Waals surface area contributed by atoms with Gasteiger partial charge in [0.05, 0.1) is 13.4 Å². The molecule has 0 bridgehead atoms. The molecule has 0 aliphatic rings. The molecule has 7 nitrogen and oxygen atoms in total. The summed E-state index contributed by atoms with van der Waals surface area (Å²) in [5.41, 5.74) is 1.43. The summed E-state index contributed by atoms with van der Waals surface area (Å²) in [5.74, 6) is -0.334. The Morgan fingerprint density at radius 2 is 1.67 bits per heavy atom. The summed E-state index contributed by atoms with van der Waals surface area (Å²) in [5, 5.41) is 0. The van der Waals surface area contributed by atoms with Crippen molar-refractivity contribution in [2.75, 3.05) is 24.7 Å². The molecule has 0 amide bonds. The molecule has 27 heavy (non-hydrogen) atoms. The van der Waals surface area contributed by atoms with E-state index >= 15 is 0 Å². The van der Waals surface area contributed by atoms with Gasteiger partial charge in [-0.05, 0) is 48.0 Å². The van der Waals surface area contributed by atoms with Crippen molar-refractivity contribution in [3.05, 3.63) is 65.7 Å². The first-order chi connectivity index (χ1) is 12.8. The minimum Gasteiger partial charge on any atom is -0.497 e. The van der Waals surface area contributed by atoms with E-state index in [1.165, 1.54) is 30.3 Å². The van der Waals surface area contributed by atoms with Crippen molar-refractivity contribution >= 4 is 33.5 Å². The SMILES string of the molecule is COc1ccc(/C=C/C(=O)OCC(=O)c2ccc(NS(C)(=O)=O)cc2)cc1. The van der Waals surface area contributed by atoms with E-state index in [4.69, 9.17) is 9.47 Å². The van der Waals surface area contributed by atoms with Gasteiger partial charge in [-0.25, -0.2) is 13.2 Å². The minimum atomic E-state index is -3.38. The molecule has 142 valence electrons. The number of Topliss-reactive ketones (excluding diaryl/α,β-unsaturated/α-hetero) is 1. The summed E-state index contributed by atoms with van der Waals surface area (Å²) < 4.78 is 34.6. The van der Waals surface area contributed by atoms with Crippen molar-refractivity contribution in [3.8, 4) is 5.75 Å². The maximum Gasteiger partial charge on any atom is 0.331 e. The van der Waals surface area contributed by atoms with Crippen molar-refractivity contribution in [2.24, 2.45) is 0 Å². The molecule has 0 atom stereocenters. The summed E-state index contributed by atoms with van der Waals surface area (Å²) in [6, 6.07) is 12.9. The number of rotatable bonds is 8. The standard InChI is InChI=1S/C19H19NO6S/c1-25-17-10-3-14(4-11-17)5-12-19(22)26-13-18(21)15-6-8-16(9-7-15)20-27(2,23)24/h3-12,20H,13H2,1-2H3/b12-5+. The highest BCUT2D eigenvalue weighted by atomic mass is 32.2. The van der Waals surface area contributed by atoms with Gasteiger partial charge in [0, 0.05) is 17.3 Å². The maximum absolute atomic E-state index is 12.0. The highest BCUT2D eigenvalue weighted by molar-refractivity contribution is 7.92. The fraction of sp³-hybridized carbons (Fsp3) is 0.158. The third kappa shape index (κ3) is 6.95. The zero-order valence-corrected chi connectivity index (χ0v) is 15.7. The number of nitrogens with one attached hydrogen (secondary N) is 1. The van der Waals surface area contributed by atoms with Crippen molar-refractivity contribution in [1.82, 2.24) is 0 Å². The average Bonchev–Trinajstić information content (AvgIpc) is 2.64. The lowest BCUT2D eigenvalue weighted by atomic mass is 10.1. The Hall–Kier alpha value is -3.13. The topological polar surface area (TPSA) is 98.8 Å². The molecule has 2 aromatic carbocycles. The fourth-order valence-electron chi connectivity index (χ4n) is 2.09. The number of carbonyl (C=O) groups is 2. The first-order valence-electron chi connectivity index (χ1n) is 7.87. The molecular formula is C19H19NO6S. The summed E-state index contributed by atoms with van der Waals surface area (Å²) in [4.78, 5) is 23.8. The predicted molar refractivity (Wildman–Crippen MR) is 102 cm³/mol. The zero-order valence-electron chi connectivity index (χ0n) is 14.8. The number of sulfonamides is 1. The second-order valence-corrected chi connectivity index (χ2v) is 7.34. The number of esters is 1. The number of methoxy groups -OCH3 is 1. The van der Waals surface area contributed by atoms with Crippen LogP contribution in [0.1, 0.15) is 15.9 Å². The van der Waals surface area contributed by atoms with Crippen LogP contribution in [0.25, 0.3) is 6.08 Å². The summed E-state index contributed by atoms with van der Waals surface area (Å²) in [6.07, 6.45) is 3.83. The molecular weight excluding hydrogens is 370 g/mol. The summed E-state index contributed by atoms with van der Waals surface area (Å²) in [6.45, 7) is -0.412. The van der Waals surface area contributed by atoms with Crippen LogP contribution in [0.2, 0.25) is 0 Å². The first kappa shape index (κ1) is 20.2. The lowest BCUT2D eigenvalue weighted by Gasteiger charge is -2.05. The van der Waals surface area contributed by atoms with Gasteiger partial charge in [0.25, 0.3) is 0 Å². The smallest absolute Gasteiger partial charge is 0.331 e. The van der Waals surface area contributed by atoms with E-state index in [1.54, 1.807) is 37.5 Å². The number of carbonyl (C=O) groups excluding carboxylic acids is 2. The molecule has 0 unspecified atom stereocenters. The number of benzene rings is 2. The Balaban J connectivity index is 1.86. The molecule has 2 rings (SSSR count). The van der Waals surface area contributed by atoms with Gasteiger partial charge in [-0.3, -0.25) is 9.52 Å². The van der Waals surface area contributed by atoms with Crippen LogP contribution < -0.4 is 9.46 Å². The van der Waals surface area contributed by atoms with Crippen LogP contribution in [0, 0.1) is 0 Å². The van der Waals surface area contributed by atoms with Crippen LogP contribution >= 0.6 is 0 Å². The predicted octanol–water partition coefficient (Wildman–Crippen LogP) is 2.51. The summed E-state index contributed by atoms with van der Waals surface area (Å²) in [7, 11) is -1.82. The highest BCUT2D eigenvalue weighted by Gasteiger charge is 2.09. The monoisotopic (exact) mass is 389 g/mol. The van der Waals surface area contributed by atoms with E-state index in [1.807, 2.05) is 0 Å². The van der Waals surface area contributed by atoms with Crippen molar-refractivity contribution < 1.29 is 27.5 Å². The van der Waals surface area contributed by atoms with E-state index < -0.39 is 28.4 Å². The number of hydrogen-bond donors (Lipinski definition) is 1. The number of ketones is 1. The lowest BCUT2D eigenvalue weighted by molar-refractivity contribution is -0.136. The van der Waals surface area contributed by atoms with Gasteiger partial charge < -0.3 is 9.47 Å². The molecule has 1 N–H and O–H groups in total. The molecule has 8 heteroatoms. The van der Waals surface area contributed by atoms with Crippen LogP contribution in [0.15, 0.2) is 54.6 Å².